The minimum atomic E-state index is -0.430. The molecule has 1 aromatic carbocycles. The normalized spacial score (nSPS) is 16.6. The number of nitrogens with one attached hydrogen (secondary N) is 1. The summed E-state index contributed by atoms with van der Waals surface area (Å²) < 4.78 is 18.4. The molecule has 144 valence electrons. The molecular weight excluding hydrogens is 381 g/mol. The molecule has 1 aliphatic rings. The minimum Gasteiger partial charge on any atom is -0.467 e. The number of likely N-dealkylation sites (tertiary alicyclic amines) is 1. The van der Waals surface area contributed by atoms with E-state index in [2.05, 4.69) is 10.3 Å². The fourth-order valence-electron chi connectivity index (χ4n) is 3.22. The van der Waals surface area contributed by atoms with Crippen molar-refractivity contribution in [2.24, 2.45) is 5.92 Å². The Morgan fingerprint density at radius 3 is 2.86 bits per heavy atom. The Hall–Kier alpha value is -3.00. The van der Waals surface area contributed by atoms with Gasteiger partial charge in [0, 0.05) is 23.4 Å². The third kappa shape index (κ3) is 3.82. The highest BCUT2D eigenvalue weighted by atomic mass is 32.1. The summed E-state index contributed by atoms with van der Waals surface area (Å²) in [7, 11) is 0. The third-order valence-electron chi connectivity index (χ3n) is 4.66. The molecule has 0 aliphatic carbocycles. The van der Waals surface area contributed by atoms with Gasteiger partial charge in [-0.15, -0.1) is 11.3 Å². The fraction of sp³-hybridized carbons (Fsp3) is 0.250. The summed E-state index contributed by atoms with van der Waals surface area (Å²) in [6.45, 7) is 2.61. The Morgan fingerprint density at radius 2 is 2.14 bits per heavy atom. The molecule has 8 heteroatoms. The molecule has 28 heavy (non-hydrogen) atoms. The second-order valence-corrected chi connectivity index (χ2v) is 7.88. The third-order valence-corrected chi connectivity index (χ3v) is 5.54. The van der Waals surface area contributed by atoms with Crippen molar-refractivity contribution in [2.45, 2.75) is 19.9 Å². The Bertz CT molecular complexity index is 998. The summed E-state index contributed by atoms with van der Waals surface area (Å²) in [6, 6.07) is 9.64. The second-order valence-electron chi connectivity index (χ2n) is 6.67. The second kappa shape index (κ2) is 7.55. The number of hydrogen-bond acceptors (Lipinski definition) is 5. The minimum absolute atomic E-state index is 0.0705. The predicted molar refractivity (Wildman–Crippen MR) is 103 cm³/mol. The molecule has 0 bridgehead atoms. The molecule has 1 unspecified atom stereocenters. The molecule has 3 aromatic rings. The quantitative estimate of drug-likeness (QED) is 0.707. The van der Waals surface area contributed by atoms with E-state index in [0.29, 0.717) is 29.7 Å². The number of anilines is 1. The zero-order chi connectivity index (χ0) is 19.7. The first-order valence-electron chi connectivity index (χ1n) is 8.84. The van der Waals surface area contributed by atoms with E-state index in [1.165, 1.54) is 23.5 Å². The maximum Gasteiger partial charge on any atom is 0.231 e. The molecule has 1 aliphatic heterocycles. The summed E-state index contributed by atoms with van der Waals surface area (Å²) >= 11 is 1.36. The van der Waals surface area contributed by atoms with Gasteiger partial charge in [-0.05, 0) is 43.3 Å². The number of aryl methyl sites for hydroxylation is 1. The number of rotatable bonds is 5. The van der Waals surface area contributed by atoms with Crippen LogP contribution in [0.25, 0.3) is 11.3 Å². The van der Waals surface area contributed by atoms with E-state index in [4.69, 9.17) is 4.42 Å². The lowest BCUT2D eigenvalue weighted by molar-refractivity contribution is -0.128. The van der Waals surface area contributed by atoms with Crippen molar-refractivity contribution in [1.29, 1.82) is 0 Å². The SMILES string of the molecule is Cc1sc(NC(=O)C2CC(=O)N(Cc3ccco3)C2)nc1-c1ccc(F)cc1. The molecule has 0 saturated carbocycles. The van der Waals surface area contributed by atoms with E-state index < -0.39 is 5.92 Å². The van der Waals surface area contributed by atoms with Gasteiger partial charge in [-0.1, -0.05) is 0 Å². The number of nitrogens with zero attached hydrogens (tertiary/aromatic N) is 2. The molecule has 2 amide bonds. The Balaban J connectivity index is 1.42. The lowest BCUT2D eigenvalue weighted by Gasteiger charge is -2.14. The van der Waals surface area contributed by atoms with Crippen LogP contribution in [0.3, 0.4) is 0 Å². The number of amides is 2. The van der Waals surface area contributed by atoms with E-state index in [1.807, 2.05) is 6.92 Å². The van der Waals surface area contributed by atoms with Crippen LogP contribution >= 0.6 is 11.3 Å². The van der Waals surface area contributed by atoms with Crippen molar-refractivity contribution < 1.29 is 18.4 Å². The van der Waals surface area contributed by atoms with Crippen LogP contribution < -0.4 is 5.32 Å². The van der Waals surface area contributed by atoms with Crippen LogP contribution in [0.1, 0.15) is 17.1 Å². The summed E-state index contributed by atoms with van der Waals surface area (Å²) in [5.74, 6) is -0.349. The lowest BCUT2D eigenvalue weighted by atomic mass is 10.1. The molecule has 1 atom stereocenters. The molecule has 0 spiro atoms. The average Bonchev–Trinajstić information content (AvgIpc) is 3.38. The standard InChI is InChI=1S/C20H18FN3O3S/c1-12-18(13-4-6-15(21)7-5-13)22-20(28-12)23-19(26)14-9-17(25)24(10-14)11-16-3-2-8-27-16/h2-8,14H,9-11H2,1H3,(H,22,23,26). The van der Waals surface area contributed by atoms with Crippen LogP contribution in [-0.2, 0) is 16.1 Å². The smallest absolute Gasteiger partial charge is 0.231 e. The first kappa shape index (κ1) is 18.4. The van der Waals surface area contributed by atoms with Crippen molar-refractivity contribution in [3.63, 3.8) is 0 Å². The van der Waals surface area contributed by atoms with Gasteiger partial charge in [-0.3, -0.25) is 9.59 Å². The van der Waals surface area contributed by atoms with Gasteiger partial charge in [0.15, 0.2) is 5.13 Å². The van der Waals surface area contributed by atoms with Crippen LogP contribution in [0.15, 0.2) is 47.1 Å². The molecule has 1 fully saturated rings. The average molecular weight is 399 g/mol. The summed E-state index contributed by atoms with van der Waals surface area (Å²) in [6.07, 6.45) is 1.73. The van der Waals surface area contributed by atoms with E-state index in [-0.39, 0.29) is 24.1 Å². The Labute approximate surface area is 165 Å². The van der Waals surface area contributed by atoms with Crippen LogP contribution in [0.2, 0.25) is 0 Å². The molecule has 6 nitrogen and oxygen atoms in total. The molecule has 0 radical (unpaired) electrons. The van der Waals surface area contributed by atoms with Crippen molar-refractivity contribution >= 4 is 28.3 Å². The van der Waals surface area contributed by atoms with Gasteiger partial charge < -0.3 is 14.6 Å². The maximum atomic E-state index is 13.1. The van der Waals surface area contributed by atoms with Crippen molar-refractivity contribution in [3.05, 3.63) is 59.1 Å². The van der Waals surface area contributed by atoms with Gasteiger partial charge >= 0.3 is 0 Å². The molecule has 2 aromatic heterocycles. The Morgan fingerprint density at radius 1 is 1.36 bits per heavy atom. The van der Waals surface area contributed by atoms with Crippen LogP contribution in [-0.4, -0.2) is 28.2 Å². The first-order chi connectivity index (χ1) is 13.5. The number of carbonyl (C=O) groups is 2. The van der Waals surface area contributed by atoms with Crippen molar-refractivity contribution in [3.8, 4) is 11.3 Å². The molecule has 3 heterocycles. The van der Waals surface area contributed by atoms with Gasteiger partial charge in [-0.2, -0.15) is 0 Å². The molecule has 1 N–H and O–H groups in total. The van der Waals surface area contributed by atoms with Crippen LogP contribution in [0.4, 0.5) is 9.52 Å². The number of furan rings is 1. The monoisotopic (exact) mass is 399 g/mol. The van der Waals surface area contributed by atoms with Gasteiger partial charge in [0.25, 0.3) is 0 Å². The van der Waals surface area contributed by atoms with Crippen molar-refractivity contribution in [1.82, 2.24) is 9.88 Å². The largest absolute Gasteiger partial charge is 0.467 e. The summed E-state index contributed by atoms with van der Waals surface area (Å²) in [5, 5.41) is 3.29. The predicted octanol–water partition coefficient (Wildman–Crippen LogP) is 3.84. The van der Waals surface area contributed by atoms with Gasteiger partial charge in [0.1, 0.15) is 11.6 Å². The van der Waals surface area contributed by atoms with Crippen LogP contribution in [0.5, 0.6) is 0 Å². The summed E-state index contributed by atoms with van der Waals surface area (Å²) in [4.78, 5) is 31.8. The zero-order valence-corrected chi connectivity index (χ0v) is 16.0. The van der Waals surface area contributed by atoms with E-state index in [0.717, 1.165) is 10.4 Å². The number of hydrogen-bond donors (Lipinski definition) is 1. The fourth-order valence-corrected chi connectivity index (χ4v) is 4.06. The number of halogens is 1. The highest BCUT2D eigenvalue weighted by molar-refractivity contribution is 7.16. The van der Waals surface area contributed by atoms with E-state index >= 15 is 0 Å². The van der Waals surface area contributed by atoms with Gasteiger partial charge in [0.2, 0.25) is 11.8 Å². The van der Waals surface area contributed by atoms with E-state index in [9.17, 15) is 14.0 Å². The molecular formula is C20H18FN3O3S. The van der Waals surface area contributed by atoms with Gasteiger partial charge in [0.05, 0.1) is 24.4 Å². The zero-order valence-electron chi connectivity index (χ0n) is 15.1. The molecule has 4 rings (SSSR count). The maximum absolute atomic E-state index is 13.1. The number of aromatic nitrogens is 1. The molecule has 1 saturated heterocycles. The number of carbonyl (C=O) groups excluding carboxylic acids is 2. The van der Waals surface area contributed by atoms with Crippen molar-refractivity contribution in [2.75, 3.05) is 11.9 Å². The van der Waals surface area contributed by atoms with Crippen LogP contribution in [0, 0.1) is 18.7 Å². The van der Waals surface area contributed by atoms with E-state index in [1.54, 1.807) is 35.4 Å². The number of benzene rings is 1. The highest BCUT2D eigenvalue weighted by Crippen LogP contribution is 2.31. The number of thiazole rings is 1. The van der Waals surface area contributed by atoms with Gasteiger partial charge in [-0.25, -0.2) is 9.37 Å². The summed E-state index contributed by atoms with van der Waals surface area (Å²) in [5.41, 5.74) is 1.50. The topological polar surface area (TPSA) is 75.4 Å². The first-order valence-corrected chi connectivity index (χ1v) is 9.65. The Kier molecular flexibility index (Phi) is 4.95. The highest BCUT2D eigenvalue weighted by Gasteiger charge is 2.35. The lowest BCUT2D eigenvalue weighted by Crippen LogP contribution is -2.27.